The average Bonchev–Trinajstić information content (AvgIpc) is 2.40. The van der Waals surface area contributed by atoms with Crippen LogP contribution in [0.15, 0.2) is 41.9 Å². The van der Waals surface area contributed by atoms with Crippen molar-refractivity contribution in [1.29, 1.82) is 0 Å². The van der Waals surface area contributed by atoms with Gasteiger partial charge in [-0.3, -0.25) is 4.79 Å². The molecule has 0 aliphatic rings. The Morgan fingerprint density at radius 2 is 1.85 bits per heavy atom. The van der Waals surface area contributed by atoms with E-state index >= 15 is 0 Å². The van der Waals surface area contributed by atoms with Crippen LogP contribution in [0.4, 0.5) is 0 Å². The predicted octanol–water partition coefficient (Wildman–Crippen LogP) is 4.19. The molecular weight excluding hydrogens is 274 g/mol. The zero-order valence-electron chi connectivity index (χ0n) is 12.3. The van der Waals surface area contributed by atoms with Crippen molar-refractivity contribution in [3.8, 4) is 0 Å². The van der Waals surface area contributed by atoms with Gasteiger partial charge in [-0.1, -0.05) is 61.9 Å². The smallest absolute Gasteiger partial charge is 0.307 e. The summed E-state index contributed by atoms with van der Waals surface area (Å²) in [7, 11) is 0. The summed E-state index contributed by atoms with van der Waals surface area (Å²) in [6.07, 6.45) is 2.18. The van der Waals surface area contributed by atoms with Crippen molar-refractivity contribution in [3.63, 3.8) is 0 Å². The molecule has 0 saturated carbocycles. The van der Waals surface area contributed by atoms with Gasteiger partial charge in [-0.15, -0.1) is 0 Å². The number of hydrogen-bond donors (Lipinski definition) is 2. The highest BCUT2D eigenvalue weighted by molar-refractivity contribution is 6.25. The molecule has 0 fully saturated rings. The molecule has 0 amide bonds. The highest BCUT2D eigenvalue weighted by Gasteiger charge is 2.19. The molecule has 0 aliphatic heterocycles. The molecule has 0 radical (unpaired) electrons. The van der Waals surface area contributed by atoms with E-state index in [1.165, 1.54) is 11.1 Å². The zero-order chi connectivity index (χ0) is 15.5. The molecule has 0 aromatic heterocycles. The first-order valence-electron chi connectivity index (χ1n) is 6.68. The number of carbonyl (C=O) groups is 1. The number of rotatable bonds is 5. The van der Waals surface area contributed by atoms with Crippen LogP contribution in [-0.4, -0.2) is 11.1 Å². The maximum absolute atomic E-state index is 10.6. The van der Waals surface area contributed by atoms with Crippen LogP contribution in [0.3, 0.4) is 0 Å². The normalized spacial score (nSPS) is 13.7. The zero-order valence-corrected chi connectivity index (χ0v) is 13.0. The van der Waals surface area contributed by atoms with E-state index in [0.29, 0.717) is 6.42 Å². The molecule has 2 atom stereocenters. The van der Waals surface area contributed by atoms with Crippen LogP contribution < -0.4 is 5.73 Å². The molecule has 4 heteroatoms. The Balaban J connectivity index is 0.000000367. The standard InChI is InChI=1S/C8H13ClO2.C8H11N/c1-6(2)7(8(10)11)4-3-5-9;1-7(9)8-5-3-2-4-6-8/h3,5-7H,4H2,1-2H3,(H,10,11);2-7H,9H2,1H3/b5-3+;/t7-;/m0./s1. The first-order valence-corrected chi connectivity index (χ1v) is 7.12. The first kappa shape index (κ1) is 18.7. The lowest BCUT2D eigenvalue weighted by Crippen LogP contribution is -2.18. The van der Waals surface area contributed by atoms with Gasteiger partial charge in [-0.05, 0) is 24.8 Å². The molecule has 0 heterocycles. The molecule has 1 rings (SSSR count). The molecule has 0 saturated heterocycles. The van der Waals surface area contributed by atoms with E-state index in [2.05, 4.69) is 0 Å². The van der Waals surface area contributed by atoms with E-state index in [4.69, 9.17) is 22.4 Å². The number of hydrogen-bond acceptors (Lipinski definition) is 2. The second kappa shape index (κ2) is 10.5. The third kappa shape index (κ3) is 7.97. The van der Waals surface area contributed by atoms with Crippen molar-refractivity contribution < 1.29 is 9.90 Å². The van der Waals surface area contributed by atoms with Crippen molar-refractivity contribution in [1.82, 2.24) is 0 Å². The third-order valence-corrected chi connectivity index (χ3v) is 3.10. The lowest BCUT2D eigenvalue weighted by molar-refractivity contribution is -0.143. The third-order valence-electron chi connectivity index (χ3n) is 2.93. The van der Waals surface area contributed by atoms with Gasteiger partial charge in [0.05, 0.1) is 5.92 Å². The van der Waals surface area contributed by atoms with Gasteiger partial charge in [0.1, 0.15) is 0 Å². The van der Waals surface area contributed by atoms with Crippen molar-refractivity contribution in [3.05, 3.63) is 47.5 Å². The number of carboxylic acid groups (broad SMARTS) is 1. The van der Waals surface area contributed by atoms with Gasteiger partial charge in [0.2, 0.25) is 0 Å². The van der Waals surface area contributed by atoms with Gasteiger partial charge in [-0.2, -0.15) is 0 Å². The number of halogens is 1. The molecule has 3 nitrogen and oxygen atoms in total. The Hall–Kier alpha value is -1.32. The van der Waals surface area contributed by atoms with Crippen molar-refractivity contribution in [2.24, 2.45) is 17.6 Å². The van der Waals surface area contributed by atoms with E-state index in [0.717, 1.165) is 0 Å². The molecule has 0 aliphatic carbocycles. The predicted molar refractivity (Wildman–Crippen MR) is 84.6 cm³/mol. The summed E-state index contributed by atoms with van der Waals surface area (Å²) in [5, 5.41) is 8.69. The van der Waals surface area contributed by atoms with Gasteiger partial charge >= 0.3 is 5.97 Å². The van der Waals surface area contributed by atoms with Crippen LogP contribution in [0.1, 0.15) is 38.8 Å². The summed E-state index contributed by atoms with van der Waals surface area (Å²) in [6, 6.07) is 10.2. The van der Waals surface area contributed by atoms with E-state index in [1.54, 1.807) is 6.08 Å². The van der Waals surface area contributed by atoms with Gasteiger partial charge < -0.3 is 10.8 Å². The lowest BCUT2D eigenvalue weighted by Gasteiger charge is -2.12. The van der Waals surface area contributed by atoms with E-state index in [9.17, 15) is 4.79 Å². The van der Waals surface area contributed by atoms with E-state index < -0.39 is 5.97 Å². The quantitative estimate of drug-likeness (QED) is 0.856. The molecule has 20 heavy (non-hydrogen) atoms. The summed E-state index contributed by atoms with van der Waals surface area (Å²) in [5.41, 5.74) is 8.17. The first-order chi connectivity index (χ1) is 9.40. The SMILES string of the molecule is CC(C)[C@H](C/C=C/Cl)C(=O)O.CC(N)c1ccccc1. The minimum Gasteiger partial charge on any atom is -0.481 e. The fraction of sp³-hybridized carbons (Fsp3) is 0.438. The average molecular weight is 298 g/mol. The van der Waals surface area contributed by atoms with Gasteiger partial charge in [-0.25, -0.2) is 0 Å². The Bertz CT molecular complexity index is 402. The number of nitrogens with two attached hydrogens (primary N) is 1. The Labute approximate surface area is 126 Å². The summed E-state index contributed by atoms with van der Waals surface area (Å²) in [5.74, 6) is -0.917. The fourth-order valence-electron chi connectivity index (χ4n) is 1.61. The summed E-state index contributed by atoms with van der Waals surface area (Å²) in [4.78, 5) is 10.6. The minimum atomic E-state index is -0.755. The molecule has 0 spiro atoms. The maximum atomic E-state index is 10.6. The molecular formula is C16H24ClNO2. The Kier molecular flexibility index (Phi) is 9.77. The number of benzene rings is 1. The fourth-order valence-corrected chi connectivity index (χ4v) is 1.72. The monoisotopic (exact) mass is 297 g/mol. The lowest BCUT2D eigenvalue weighted by atomic mass is 9.93. The number of allylic oxidation sites excluding steroid dienone is 1. The van der Waals surface area contributed by atoms with Crippen LogP contribution in [0, 0.1) is 11.8 Å². The van der Waals surface area contributed by atoms with Gasteiger partial charge in [0.25, 0.3) is 0 Å². The summed E-state index contributed by atoms with van der Waals surface area (Å²) < 4.78 is 0. The minimum absolute atomic E-state index is 0.153. The highest BCUT2D eigenvalue weighted by Crippen LogP contribution is 2.15. The molecule has 0 bridgehead atoms. The molecule has 112 valence electrons. The largest absolute Gasteiger partial charge is 0.481 e. The number of carboxylic acids is 1. The Morgan fingerprint density at radius 1 is 1.30 bits per heavy atom. The van der Waals surface area contributed by atoms with Gasteiger partial charge in [0, 0.05) is 11.6 Å². The highest BCUT2D eigenvalue weighted by atomic mass is 35.5. The second-order valence-corrected chi connectivity index (χ2v) is 5.24. The topological polar surface area (TPSA) is 63.3 Å². The maximum Gasteiger partial charge on any atom is 0.307 e. The molecule has 1 unspecified atom stereocenters. The van der Waals surface area contributed by atoms with Gasteiger partial charge in [0.15, 0.2) is 0 Å². The Morgan fingerprint density at radius 3 is 2.15 bits per heavy atom. The summed E-state index contributed by atoms with van der Waals surface area (Å²) >= 11 is 5.28. The van der Waals surface area contributed by atoms with Crippen LogP contribution in [-0.2, 0) is 4.79 Å². The van der Waals surface area contributed by atoms with E-state index in [1.807, 2.05) is 51.1 Å². The number of aliphatic carboxylic acids is 1. The van der Waals surface area contributed by atoms with Crippen LogP contribution in [0.5, 0.6) is 0 Å². The van der Waals surface area contributed by atoms with Crippen LogP contribution in [0.2, 0.25) is 0 Å². The van der Waals surface area contributed by atoms with Crippen LogP contribution >= 0.6 is 11.6 Å². The molecule has 1 aromatic carbocycles. The van der Waals surface area contributed by atoms with Crippen molar-refractivity contribution >= 4 is 17.6 Å². The molecule has 3 N–H and O–H groups in total. The van der Waals surface area contributed by atoms with Crippen molar-refractivity contribution in [2.75, 3.05) is 0 Å². The van der Waals surface area contributed by atoms with Crippen LogP contribution in [0.25, 0.3) is 0 Å². The van der Waals surface area contributed by atoms with E-state index in [-0.39, 0.29) is 17.9 Å². The second-order valence-electron chi connectivity index (χ2n) is 4.99. The van der Waals surface area contributed by atoms with Crippen molar-refractivity contribution in [2.45, 2.75) is 33.2 Å². The molecule has 1 aromatic rings. The summed E-state index contributed by atoms with van der Waals surface area (Å²) in [6.45, 7) is 5.76.